The number of likely N-dealkylation sites (N-methyl/N-ethyl adjacent to an activating group) is 1. The highest BCUT2D eigenvalue weighted by Gasteiger charge is 2.26. The molecule has 2 aromatic carbocycles. The van der Waals surface area contributed by atoms with Crippen molar-refractivity contribution in [2.75, 3.05) is 33.2 Å². The van der Waals surface area contributed by atoms with Crippen LogP contribution in [0.15, 0.2) is 137 Å². The van der Waals surface area contributed by atoms with Gasteiger partial charge in [-0.15, -0.1) is 0 Å². The Morgan fingerprint density at radius 1 is 0.812 bits per heavy atom. The molecule has 2 aromatic rings. The molecule has 0 spiro atoms. The number of nitrogens with zero attached hydrogens (tertiary/aromatic N) is 8. The van der Waals surface area contributed by atoms with Crippen molar-refractivity contribution in [2.45, 2.75) is 12.8 Å². The van der Waals surface area contributed by atoms with E-state index in [9.17, 15) is 15.9 Å². The lowest BCUT2D eigenvalue weighted by atomic mass is 9.96. The van der Waals surface area contributed by atoms with Crippen LogP contribution in [-0.2, 0) is 0 Å². The monoisotopic (exact) mass is 623 g/mol. The van der Waals surface area contributed by atoms with E-state index in [4.69, 9.17) is 19.7 Å². The van der Waals surface area contributed by atoms with Crippen molar-refractivity contribution in [3.05, 3.63) is 187 Å². The number of hydrogen-bond donors (Lipinski definition) is 0. The predicted octanol–water partition coefficient (Wildman–Crippen LogP) is 8.00. The summed E-state index contributed by atoms with van der Waals surface area (Å²) in [6, 6.07) is 22.2. The van der Waals surface area contributed by atoms with Crippen molar-refractivity contribution in [1.29, 1.82) is 10.5 Å². The zero-order valence-electron chi connectivity index (χ0n) is 26.6. The van der Waals surface area contributed by atoms with Gasteiger partial charge in [0.1, 0.15) is 13.1 Å². The van der Waals surface area contributed by atoms with Crippen molar-refractivity contribution in [1.82, 2.24) is 9.80 Å². The molecule has 0 amide bonds. The van der Waals surface area contributed by atoms with E-state index in [1.807, 2.05) is 48.6 Å². The minimum atomic E-state index is -0.158. The SMILES string of the molecule is [C-]#[N+]C([N+]#[C-])=C(/C(C#N)=C/C=C/C1=C(N2CCN(C)CC2)C(=C/C=C/C(=C=[N-])/C(=C(/C#N)[N+]#[C-])c2ccccc2)/CC1)c1ccccc1. The summed E-state index contributed by atoms with van der Waals surface area (Å²) in [7, 11) is 2.10. The lowest BCUT2D eigenvalue weighted by molar-refractivity contribution is 0.188. The third-order valence-corrected chi connectivity index (χ3v) is 8.01. The average molecular weight is 624 g/mol. The molecule has 1 saturated heterocycles. The van der Waals surface area contributed by atoms with E-state index in [0.29, 0.717) is 22.3 Å². The van der Waals surface area contributed by atoms with Gasteiger partial charge in [-0.1, -0.05) is 85.0 Å². The fourth-order valence-electron chi connectivity index (χ4n) is 5.66. The van der Waals surface area contributed by atoms with Crippen molar-refractivity contribution in [3.8, 4) is 12.1 Å². The Kier molecular flexibility index (Phi) is 12.2. The molecule has 232 valence electrons. The molecule has 48 heavy (non-hydrogen) atoms. The highest BCUT2D eigenvalue weighted by atomic mass is 15.3. The third kappa shape index (κ3) is 8.10. The molecule has 0 atom stereocenters. The molecule has 4 rings (SSSR count). The maximum atomic E-state index is 10.1. The summed E-state index contributed by atoms with van der Waals surface area (Å²) in [5.74, 6) is 2.02. The first-order valence-corrected chi connectivity index (χ1v) is 15.2. The smallest absolute Gasteiger partial charge is 0.528 e. The summed E-state index contributed by atoms with van der Waals surface area (Å²) in [4.78, 5) is 14.8. The van der Waals surface area contributed by atoms with Gasteiger partial charge in [-0.2, -0.15) is 15.0 Å². The van der Waals surface area contributed by atoms with Crippen molar-refractivity contribution < 1.29 is 0 Å². The molecule has 1 fully saturated rings. The summed E-state index contributed by atoms with van der Waals surface area (Å²) >= 11 is 0. The van der Waals surface area contributed by atoms with Crippen LogP contribution in [0, 0.1) is 42.4 Å². The van der Waals surface area contributed by atoms with Crippen LogP contribution in [0.25, 0.3) is 31.1 Å². The topological polar surface area (TPSA) is 89.4 Å². The Morgan fingerprint density at radius 3 is 1.98 bits per heavy atom. The first-order chi connectivity index (χ1) is 23.5. The molecule has 2 aliphatic rings. The second-order valence-electron chi connectivity index (χ2n) is 10.9. The first kappa shape index (κ1) is 34.2. The van der Waals surface area contributed by atoms with Crippen LogP contribution in [0.4, 0.5) is 0 Å². The maximum Gasteiger partial charge on any atom is 0.528 e. The zero-order valence-corrected chi connectivity index (χ0v) is 26.6. The molecule has 1 aliphatic carbocycles. The van der Waals surface area contributed by atoms with Gasteiger partial charge in [-0.05, 0) is 59.9 Å². The summed E-state index contributed by atoms with van der Waals surface area (Å²) in [6.07, 6.45) is 12.4. The van der Waals surface area contributed by atoms with Crippen molar-refractivity contribution >= 4 is 17.0 Å². The fraction of sp³-hybridized carbons (Fsp3) is 0.175. The molecule has 8 heteroatoms. The van der Waals surface area contributed by atoms with E-state index < -0.39 is 0 Å². The van der Waals surface area contributed by atoms with E-state index in [1.165, 1.54) is 0 Å². The molecule has 0 aromatic heterocycles. The second kappa shape index (κ2) is 17.1. The van der Waals surface area contributed by atoms with Crippen molar-refractivity contribution in [3.63, 3.8) is 0 Å². The number of benzene rings is 2. The molecule has 1 heterocycles. The maximum absolute atomic E-state index is 10.1. The molecule has 0 bridgehead atoms. The minimum Gasteiger partial charge on any atom is -0.763 e. The highest BCUT2D eigenvalue weighted by molar-refractivity contribution is 5.95. The Balaban J connectivity index is 1.74. The molecule has 0 N–H and O–H groups in total. The van der Waals surface area contributed by atoms with Crippen LogP contribution in [0.2, 0.25) is 0 Å². The molecular formula is C40H31N8-. The Morgan fingerprint density at radius 2 is 1.44 bits per heavy atom. The lowest BCUT2D eigenvalue weighted by Crippen LogP contribution is -2.44. The Hall–Kier alpha value is -6.72. The van der Waals surface area contributed by atoms with E-state index in [0.717, 1.165) is 55.9 Å². The summed E-state index contributed by atoms with van der Waals surface area (Å²) in [6.45, 7) is 26.1. The first-order valence-electron chi connectivity index (χ1n) is 15.2. The normalized spacial score (nSPS) is 16.4. The van der Waals surface area contributed by atoms with Crippen LogP contribution >= 0.6 is 0 Å². The average Bonchev–Trinajstić information content (AvgIpc) is 3.53. The quantitative estimate of drug-likeness (QED) is 0.123. The standard InChI is InChI=1S/C40H31N8/c1-44-36(29-43)37(30-13-7-5-8-14-30)34(27-41)19-11-17-32-21-22-33(39(32)48-25-23-47(4)24-26-48)18-12-20-35(28-42)38(40(45-2)46-3)31-15-9-6-10-16-31/h5-20H,21-26H2,4H3/q-1/b18-12+,19-11+,32-17+,35-20+,37-36-. The number of nitriles is 2. The minimum absolute atomic E-state index is 0.142. The molecule has 1 aliphatic heterocycles. The summed E-state index contributed by atoms with van der Waals surface area (Å²) in [5.41, 5.74) is 5.49. The summed E-state index contributed by atoms with van der Waals surface area (Å²) in [5, 5.41) is 29.7. The predicted molar refractivity (Wildman–Crippen MR) is 189 cm³/mol. The van der Waals surface area contributed by atoms with Crippen LogP contribution in [0.3, 0.4) is 0 Å². The van der Waals surface area contributed by atoms with Crippen LogP contribution in [0.1, 0.15) is 24.0 Å². The van der Waals surface area contributed by atoms with Gasteiger partial charge < -0.3 is 15.2 Å². The number of piperazine rings is 1. The Bertz CT molecular complexity index is 1990. The summed E-state index contributed by atoms with van der Waals surface area (Å²) < 4.78 is 0. The van der Waals surface area contributed by atoms with Crippen molar-refractivity contribution in [2.24, 2.45) is 0 Å². The highest BCUT2D eigenvalue weighted by Crippen LogP contribution is 2.36. The van der Waals surface area contributed by atoms with E-state index in [-0.39, 0.29) is 22.7 Å². The number of hydrogen-bond acceptors (Lipinski definition) is 4. The third-order valence-electron chi connectivity index (χ3n) is 8.01. The van der Waals surface area contributed by atoms with Gasteiger partial charge in [0.2, 0.25) is 0 Å². The fourth-order valence-corrected chi connectivity index (χ4v) is 5.66. The zero-order chi connectivity index (χ0) is 34.3. The van der Waals surface area contributed by atoms with Gasteiger partial charge in [0, 0.05) is 37.4 Å². The van der Waals surface area contributed by atoms with E-state index in [1.54, 1.807) is 54.6 Å². The molecule has 0 unspecified atom stereocenters. The van der Waals surface area contributed by atoms with Gasteiger partial charge in [-0.25, -0.2) is 10.1 Å². The molecule has 0 saturated carbocycles. The van der Waals surface area contributed by atoms with Gasteiger partial charge in [0.05, 0.1) is 29.9 Å². The molecular weight excluding hydrogens is 592 g/mol. The molecule has 0 radical (unpaired) electrons. The van der Waals surface area contributed by atoms with Gasteiger partial charge in [0.15, 0.2) is 0 Å². The largest absolute Gasteiger partial charge is 0.763 e. The van der Waals surface area contributed by atoms with E-state index >= 15 is 0 Å². The van der Waals surface area contributed by atoms with Crippen LogP contribution in [-0.4, -0.2) is 48.9 Å². The van der Waals surface area contributed by atoms with E-state index in [2.05, 4.69) is 43.3 Å². The van der Waals surface area contributed by atoms with Crippen LogP contribution in [0.5, 0.6) is 0 Å². The number of allylic oxidation sites excluding steroid dienone is 13. The lowest BCUT2D eigenvalue weighted by Gasteiger charge is -2.36. The Labute approximate surface area is 282 Å². The van der Waals surface area contributed by atoms with Crippen LogP contribution < -0.4 is 0 Å². The van der Waals surface area contributed by atoms with Gasteiger partial charge in [-0.3, -0.25) is 5.87 Å². The van der Waals surface area contributed by atoms with Gasteiger partial charge >= 0.3 is 5.82 Å². The molecule has 8 nitrogen and oxygen atoms in total. The van der Waals surface area contributed by atoms with Gasteiger partial charge in [0.25, 0.3) is 5.70 Å². The number of rotatable bonds is 9. The second-order valence-corrected chi connectivity index (χ2v) is 10.9.